The maximum absolute atomic E-state index is 11.9. The molecule has 2 heterocycles. The largest absolute Gasteiger partial charge is 0.331 e. The number of hydrogen-bond acceptors (Lipinski definition) is 4. The number of aromatic nitrogens is 3. The average molecular weight is 306 g/mol. The molecule has 0 aliphatic carbocycles. The molecule has 3 aromatic rings. The molecule has 0 radical (unpaired) electrons. The van der Waals surface area contributed by atoms with Crippen LogP contribution in [0.3, 0.4) is 0 Å². The van der Waals surface area contributed by atoms with Gasteiger partial charge in [-0.3, -0.25) is 5.32 Å². The quantitative estimate of drug-likeness (QED) is 0.787. The van der Waals surface area contributed by atoms with Crippen LogP contribution in [0.2, 0.25) is 0 Å². The van der Waals surface area contributed by atoms with Gasteiger partial charge in [0.25, 0.3) is 0 Å². The lowest BCUT2D eigenvalue weighted by Crippen LogP contribution is -2.28. The zero-order chi connectivity index (χ0) is 16.4. The van der Waals surface area contributed by atoms with Crippen LogP contribution in [-0.4, -0.2) is 39.8 Å². The summed E-state index contributed by atoms with van der Waals surface area (Å²) in [6.07, 6.45) is 1.40. The number of carbonyl (C=O) groups excluding carboxylic acids is 1. The Balaban J connectivity index is 2.09. The van der Waals surface area contributed by atoms with Crippen molar-refractivity contribution >= 4 is 22.8 Å². The van der Waals surface area contributed by atoms with Crippen molar-refractivity contribution in [2.75, 3.05) is 19.4 Å². The molecule has 0 unspecified atom stereocenters. The number of anilines is 1. The lowest BCUT2D eigenvalue weighted by atomic mass is 10.2. The van der Waals surface area contributed by atoms with Crippen LogP contribution in [-0.2, 0) is 0 Å². The molecule has 7 heteroatoms. The summed E-state index contributed by atoms with van der Waals surface area (Å²) in [4.78, 5) is 17.8. The second-order valence-electron chi connectivity index (χ2n) is 5.12. The Hall–Kier alpha value is -3.40. The maximum Gasteiger partial charge on any atom is 0.322 e. The Morgan fingerprint density at radius 1 is 1.26 bits per heavy atom. The Bertz CT molecular complexity index is 922. The van der Waals surface area contributed by atoms with Gasteiger partial charge in [0.15, 0.2) is 11.6 Å². The van der Waals surface area contributed by atoms with Crippen molar-refractivity contribution in [2.24, 2.45) is 0 Å². The van der Waals surface area contributed by atoms with Gasteiger partial charge in [0.05, 0.1) is 11.7 Å². The van der Waals surface area contributed by atoms with Gasteiger partial charge < -0.3 is 4.90 Å². The number of hydrogen-bond donors (Lipinski definition) is 1. The zero-order valence-corrected chi connectivity index (χ0v) is 12.7. The van der Waals surface area contributed by atoms with Crippen LogP contribution in [0.15, 0.2) is 42.6 Å². The van der Waals surface area contributed by atoms with Gasteiger partial charge in [0.1, 0.15) is 11.6 Å². The van der Waals surface area contributed by atoms with Crippen LogP contribution in [0.1, 0.15) is 5.56 Å². The van der Waals surface area contributed by atoms with Crippen LogP contribution >= 0.6 is 0 Å². The third-order valence-electron chi connectivity index (χ3n) is 3.32. The first-order valence-corrected chi connectivity index (χ1v) is 6.93. The minimum atomic E-state index is -0.343. The summed E-state index contributed by atoms with van der Waals surface area (Å²) < 4.78 is 1.45. The molecule has 2 aromatic heterocycles. The fourth-order valence-electron chi connectivity index (χ4n) is 2.11. The standard InChI is InChI=1S/C16H14N6O/c1-21(2)16(23)20-15-12(9-17)10-18-22(15)14-8-7-11-5-3-4-6-13(11)19-14/h3-8,10H,1-2H3,(H,20,23). The monoisotopic (exact) mass is 306 g/mol. The highest BCUT2D eigenvalue weighted by molar-refractivity contribution is 5.89. The molecule has 0 saturated heterocycles. The summed E-state index contributed by atoms with van der Waals surface area (Å²) in [5.74, 6) is 0.827. The van der Waals surface area contributed by atoms with E-state index < -0.39 is 0 Å². The number of amides is 2. The SMILES string of the molecule is CN(C)C(=O)Nc1c(C#N)cnn1-c1ccc2ccccc2n1. The molecule has 2 amide bonds. The topological polar surface area (TPSA) is 86.8 Å². The highest BCUT2D eigenvalue weighted by Gasteiger charge is 2.16. The smallest absolute Gasteiger partial charge is 0.322 e. The van der Waals surface area contributed by atoms with Crippen LogP contribution in [0, 0.1) is 11.3 Å². The molecule has 1 aromatic carbocycles. The van der Waals surface area contributed by atoms with Crippen molar-refractivity contribution in [2.45, 2.75) is 0 Å². The first-order valence-electron chi connectivity index (χ1n) is 6.93. The van der Waals surface area contributed by atoms with Gasteiger partial charge in [-0.15, -0.1) is 0 Å². The number of para-hydroxylation sites is 1. The van der Waals surface area contributed by atoms with Crippen LogP contribution in [0.25, 0.3) is 16.7 Å². The van der Waals surface area contributed by atoms with Crippen molar-refractivity contribution in [3.8, 4) is 11.9 Å². The van der Waals surface area contributed by atoms with E-state index in [1.165, 1.54) is 15.8 Å². The molecule has 1 N–H and O–H groups in total. The summed E-state index contributed by atoms with van der Waals surface area (Å²) in [5, 5.41) is 17.1. The van der Waals surface area contributed by atoms with Crippen molar-refractivity contribution in [1.82, 2.24) is 19.7 Å². The summed E-state index contributed by atoms with van der Waals surface area (Å²) in [6.45, 7) is 0. The van der Waals surface area contributed by atoms with Gasteiger partial charge in [-0.1, -0.05) is 18.2 Å². The molecular weight excluding hydrogens is 292 g/mol. The number of fused-ring (bicyclic) bond motifs is 1. The van der Waals surface area contributed by atoms with Crippen molar-refractivity contribution in [3.05, 3.63) is 48.2 Å². The highest BCUT2D eigenvalue weighted by Crippen LogP contribution is 2.21. The molecule has 0 saturated carbocycles. The number of benzene rings is 1. The van der Waals surface area contributed by atoms with E-state index in [9.17, 15) is 10.1 Å². The molecule has 0 spiro atoms. The minimum absolute atomic E-state index is 0.273. The minimum Gasteiger partial charge on any atom is -0.331 e. The predicted molar refractivity (Wildman–Crippen MR) is 86.3 cm³/mol. The predicted octanol–water partition coefficient (Wildman–Crippen LogP) is 2.39. The van der Waals surface area contributed by atoms with E-state index in [1.807, 2.05) is 36.4 Å². The first-order chi connectivity index (χ1) is 11.1. The van der Waals surface area contributed by atoms with E-state index in [0.29, 0.717) is 11.6 Å². The Morgan fingerprint density at radius 3 is 2.78 bits per heavy atom. The zero-order valence-electron chi connectivity index (χ0n) is 12.7. The van der Waals surface area contributed by atoms with E-state index in [1.54, 1.807) is 20.2 Å². The van der Waals surface area contributed by atoms with E-state index in [0.717, 1.165) is 10.9 Å². The molecule has 114 valence electrons. The van der Waals surface area contributed by atoms with Crippen molar-refractivity contribution in [3.63, 3.8) is 0 Å². The molecule has 0 fully saturated rings. The summed E-state index contributed by atoms with van der Waals surface area (Å²) >= 11 is 0. The van der Waals surface area contributed by atoms with Crippen molar-refractivity contribution < 1.29 is 4.79 Å². The van der Waals surface area contributed by atoms with Gasteiger partial charge >= 0.3 is 6.03 Å². The van der Waals surface area contributed by atoms with E-state index in [2.05, 4.69) is 15.4 Å². The molecule has 0 bridgehead atoms. The summed E-state index contributed by atoms with van der Waals surface area (Å²) in [5.41, 5.74) is 1.08. The van der Waals surface area contributed by atoms with E-state index >= 15 is 0 Å². The number of rotatable bonds is 2. The van der Waals surface area contributed by atoms with Gasteiger partial charge in [0, 0.05) is 19.5 Å². The highest BCUT2D eigenvalue weighted by atomic mass is 16.2. The third-order valence-corrected chi connectivity index (χ3v) is 3.32. The second-order valence-corrected chi connectivity index (χ2v) is 5.12. The molecule has 23 heavy (non-hydrogen) atoms. The van der Waals surface area contributed by atoms with Gasteiger partial charge in [-0.2, -0.15) is 15.0 Å². The summed E-state index contributed by atoms with van der Waals surface area (Å²) in [7, 11) is 3.24. The third kappa shape index (κ3) is 2.70. The Labute approximate surface area is 132 Å². The van der Waals surface area contributed by atoms with Crippen LogP contribution < -0.4 is 5.32 Å². The molecule has 0 atom stereocenters. The Kier molecular flexibility index (Phi) is 3.65. The number of nitriles is 1. The van der Waals surface area contributed by atoms with Crippen molar-refractivity contribution in [1.29, 1.82) is 5.26 Å². The molecule has 0 aliphatic heterocycles. The fourth-order valence-corrected chi connectivity index (χ4v) is 2.11. The van der Waals surface area contributed by atoms with Gasteiger partial charge in [-0.05, 0) is 18.2 Å². The van der Waals surface area contributed by atoms with Gasteiger partial charge in [-0.25, -0.2) is 9.78 Å². The first kappa shape index (κ1) is 14.5. The number of nitrogens with zero attached hydrogens (tertiary/aromatic N) is 5. The number of pyridine rings is 1. The number of nitrogens with one attached hydrogen (secondary N) is 1. The van der Waals surface area contributed by atoms with E-state index in [4.69, 9.17) is 0 Å². The second kappa shape index (κ2) is 5.77. The lowest BCUT2D eigenvalue weighted by molar-refractivity contribution is 0.230. The Morgan fingerprint density at radius 2 is 2.04 bits per heavy atom. The lowest BCUT2D eigenvalue weighted by Gasteiger charge is -2.13. The van der Waals surface area contributed by atoms with E-state index in [-0.39, 0.29) is 11.6 Å². The van der Waals surface area contributed by atoms with Crippen LogP contribution in [0.5, 0.6) is 0 Å². The maximum atomic E-state index is 11.9. The van der Waals surface area contributed by atoms with Crippen LogP contribution in [0.4, 0.5) is 10.6 Å². The normalized spacial score (nSPS) is 10.3. The molecule has 0 aliphatic rings. The number of urea groups is 1. The molecule has 3 rings (SSSR count). The molecular formula is C16H14N6O. The summed E-state index contributed by atoms with van der Waals surface area (Å²) in [6, 6.07) is 13.1. The van der Waals surface area contributed by atoms with Gasteiger partial charge in [0.2, 0.25) is 0 Å². The fraction of sp³-hybridized carbons (Fsp3) is 0.125. The number of carbonyl (C=O) groups is 1. The molecule has 7 nitrogen and oxygen atoms in total. The average Bonchev–Trinajstić information content (AvgIpc) is 2.97.